The van der Waals surface area contributed by atoms with Crippen molar-refractivity contribution in [2.45, 2.75) is 189 Å². The molecule has 3 aliphatic heterocycles. The number of hydrogen-bond acceptors (Lipinski definition) is 22. The average molecular weight is 1630 g/mol. The Morgan fingerprint density at radius 2 is 0.690 bits per heavy atom. The standard InChI is InChI=1S/2C25H37N7O5S.C24H35N7O5S/c1-14(2)13-18(21(34)30-17(20(26)33)9-5-11-29-25(27)28)31-22(35)19(38)10-6-12-32-23(36)15-7-3-4-8-16(15)24(32)37;1-3-14(2)19(22(35)31-20(33)17(26)10-6-12-29-25(27)28)30-21(34)18(38)11-7-13-32-23(36)15-8-4-5-9-16(15)24(32)37;1-2-7-17(20(33)29-16(19(25)32)10-5-12-28-24(26)27)30-21(34)18(37)11-6-13-31-22(35)14-8-3-4-9-15(14)23(31)36/h3-4,7-8,14,17-19,38H,5-6,9-13H2,1-2H3,(H2,26,33)(H,30,34)(H,31,35)(H4,27,28,29);4-5,8-9,14,17-19,38H,3,6-7,10-13,26H2,1-2H3,(H,30,34)(H4,27,28,29)(H,31,33,35);3-4,8-9,16-18,37H,2,5-7,10-13H2,1H3,(H2,25,32)(H,29,33)(H,30,34)(H4,26,27,28)/t17-,18-,19?;14?,17-,18?,19-;16-,17-,18?/m000/s1. The molecule has 3 aromatic rings. The van der Waals surface area contributed by atoms with Crippen LogP contribution in [0.1, 0.15) is 199 Å². The van der Waals surface area contributed by atoms with Crippen LogP contribution in [0.15, 0.2) is 72.8 Å². The Morgan fingerprint density at radius 3 is 0.991 bits per heavy atom. The van der Waals surface area contributed by atoms with Crippen molar-refractivity contribution in [2.24, 2.45) is 46.2 Å². The van der Waals surface area contributed by atoms with E-state index in [1.807, 2.05) is 27.7 Å². The molecule has 10 atom stereocenters. The first-order valence-electron chi connectivity index (χ1n) is 37.3. The molecule has 618 valence electrons. The van der Waals surface area contributed by atoms with E-state index in [-0.39, 0.29) is 123 Å². The van der Waals surface area contributed by atoms with Gasteiger partial charge in [0, 0.05) is 39.3 Å². The molecule has 6 rings (SSSR count). The monoisotopic (exact) mass is 1630 g/mol. The highest BCUT2D eigenvalue weighted by molar-refractivity contribution is 7.82. The van der Waals surface area contributed by atoms with Crippen molar-refractivity contribution in [3.63, 3.8) is 0 Å². The number of hydrogen-bond donors (Lipinski definition) is 21. The van der Waals surface area contributed by atoms with Crippen molar-refractivity contribution < 1.29 is 71.9 Å². The third kappa shape index (κ3) is 30.1. The van der Waals surface area contributed by atoms with Crippen LogP contribution >= 0.6 is 37.9 Å². The van der Waals surface area contributed by atoms with Gasteiger partial charge in [-0.3, -0.25) is 108 Å². The molecule has 0 bridgehead atoms. The summed E-state index contributed by atoms with van der Waals surface area (Å²) < 4.78 is 0. The first kappa shape index (κ1) is 94.7. The third-order valence-electron chi connectivity index (χ3n) is 18.3. The van der Waals surface area contributed by atoms with Crippen LogP contribution in [0, 0.1) is 28.1 Å². The van der Waals surface area contributed by atoms with Crippen molar-refractivity contribution in [2.75, 3.05) is 39.3 Å². The summed E-state index contributed by atoms with van der Waals surface area (Å²) in [4.78, 5) is 191. The fourth-order valence-electron chi connectivity index (χ4n) is 11.9. The van der Waals surface area contributed by atoms with E-state index < -0.39 is 105 Å². The molecule has 113 heavy (non-hydrogen) atoms. The SMILES string of the molecule is CC(C)C[C@H](NC(=O)C(S)CCCN1C(=O)c2ccccc2C1=O)C(=O)N[C@@H](CCCNC(=N)N)C(N)=O.CCC(C)[C@H](NC(=O)C(S)CCCN1C(=O)c2ccccc2C1=O)C(=O)NC(=O)[C@@H](N)CCCNC(=N)N.CCC[C@H](NC(=O)C(S)CCCN1C(=O)c2ccccc2C1=O)C(=O)N[C@@H](CCCNC(=N)N)C(N)=O. The zero-order chi connectivity index (χ0) is 84.3. The lowest BCUT2D eigenvalue weighted by Crippen LogP contribution is -2.55. The molecule has 3 aliphatic rings. The summed E-state index contributed by atoms with van der Waals surface area (Å²) in [7, 11) is 0. The highest BCUT2D eigenvalue weighted by atomic mass is 32.1. The second-order valence-corrected chi connectivity index (χ2v) is 29.5. The fourth-order valence-corrected chi connectivity index (χ4v) is 12.7. The summed E-state index contributed by atoms with van der Waals surface area (Å²) in [6.45, 7) is 10.7. The lowest BCUT2D eigenvalue weighted by Gasteiger charge is -2.25. The zero-order valence-corrected chi connectivity index (χ0v) is 66.8. The molecule has 0 saturated heterocycles. The number of benzene rings is 3. The lowest BCUT2D eigenvalue weighted by molar-refractivity contribution is -0.135. The van der Waals surface area contributed by atoms with Gasteiger partial charge in [0.1, 0.15) is 30.2 Å². The Bertz CT molecular complexity index is 3840. The van der Waals surface area contributed by atoms with Gasteiger partial charge in [-0.1, -0.05) is 83.9 Å². The number of primary amides is 2. The molecule has 39 heteroatoms. The second kappa shape index (κ2) is 47.6. The Hall–Kier alpha value is -10.7. The van der Waals surface area contributed by atoms with Crippen LogP contribution < -0.4 is 82.3 Å². The summed E-state index contributed by atoms with van der Waals surface area (Å²) in [6.07, 6.45) is 5.75. The van der Waals surface area contributed by atoms with Gasteiger partial charge in [-0.2, -0.15) is 37.9 Å². The predicted molar refractivity (Wildman–Crippen MR) is 432 cm³/mol. The molecule has 3 aromatic carbocycles. The maximum atomic E-state index is 13.0. The Morgan fingerprint density at radius 1 is 0.389 bits per heavy atom. The van der Waals surface area contributed by atoms with Gasteiger partial charge in [0.05, 0.1) is 55.2 Å². The summed E-state index contributed by atoms with van der Waals surface area (Å²) >= 11 is 13.1. The summed E-state index contributed by atoms with van der Waals surface area (Å²) in [5.41, 5.74) is 34.6. The molecule has 0 spiro atoms. The van der Waals surface area contributed by atoms with Gasteiger partial charge < -0.3 is 76.9 Å². The van der Waals surface area contributed by atoms with Gasteiger partial charge >= 0.3 is 0 Å². The van der Waals surface area contributed by atoms with Crippen LogP contribution in [0.25, 0.3) is 0 Å². The number of nitrogens with one attached hydrogen (secondary N) is 12. The minimum absolute atomic E-state index is 0.0602. The van der Waals surface area contributed by atoms with E-state index in [1.165, 1.54) is 0 Å². The van der Waals surface area contributed by atoms with Gasteiger partial charge in [0.15, 0.2) is 17.9 Å². The van der Waals surface area contributed by atoms with Crippen molar-refractivity contribution in [1.29, 1.82) is 16.2 Å². The summed E-state index contributed by atoms with van der Waals surface area (Å²) in [5, 5.41) is 42.4. The Balaban J connectivity index is 0.000000357. The molecule has 4 unspecified atom stereocenters. The van der Waals surface area contributed by atoms with E-state index in [1.54, 1.807) is 79.7 Å². The molecule has 0 aliphatic carbocycles. The van der Waals surface area contributed by atoms with Crippen molar-refractivity contribution >= 4 is 144 Å². The molecule has 15 amide bonds. The second-order valence-electron chi connectivity index (χ2n) is 27.6. The number of fused-ring (bicyclic) bond motifs is 3. The van der Waals surface area contributed by atoms with E-state index in [9.17, 15) is 71.9 Å². The van der Waals surface area contributed by atoms with Crippen LogP contribution in [-0.4, -0.2) is 212 Å². The maximum absolute atomic E-state index is 13.0. The van der Waals surface area contributed by atoms with Crippen molar-refractivity contribution in [3.05, 3.63) is 106 Å². The number of nitrogens with zero attached hydrogens (tertiary/aromatic N) is 3. The molecular weight excluding hydrogens is 1520 g/mol. The number of thiol groups is 3. The molecule has 0 aromatic heterocycles. The summed E-state index contributed by atoms with van der Waals surface area (Å²) in [6, 6.07) is 14.2. The average Bonchev–Trinajstić information content (AvgIpc) is 1.65. The number of guanidine groups is 3. The number of amides is 15. The van der Waals surface area contributed by atoms with E-state index >= 15 is 0 Å². The van der Waals surface area contributed by atoms with Gasteiger partial charge in [-0.15, -0.1) is 0 Å². The number of carbonyl (C=O) groups is 15. The molecule has 0 fully saturated rings. The molecule has 36 nitrogen and oxygen atoms in total. The summed E-state index contributed by atoms with van der Waals surface area (Å²) in [5.74, 6) is -8.24. The van der Waals surface area contributed by atoms with Crippen molar-refractivity contribution in [1.82, 2.24) is 62.6 Å². The Labute approximate surface area is 672 Å². The quantitative estimate of drug-likeness (QED) is 0.0118. The van der Waals surface area contributed by atoms with Crippen LogP contribution in [0.2, 0.25) is 0 Å². The van der Waals surface area contributed by atoms with Gasteiger partial charge in [0.25, 0.3) is 35.4 Å². The van der Waals surface area contributed by atoms with Crippen LogP contribution in [0.5, 0.6) is 0 Å². The molecule has 0 radical (unpaired) electrons. The topological polar surface area (TPSA) is 602 Å². The van der Waals surface area contributed by atoms with E-state index in [4.69, 9.17) is 50.6 Å². The highest BCUT2D eigenvalue weighted by Gasteiger charge is 2.39. The number of rotatable bonds is 44. The largest absolute Gasteiger partial charge is 0.370 e. The normalized spacial score (nSPS) is 15.2. The first-order chi connectivity index (χ1) is 53.4. The van der Waals surface area contributed by atoms with Crippen LogP contribution in [-0.2, 0) is 43.2 Å². The van der Waals surface area contributed by atoms with Crippen LogP contribution in [0.3, 0.4) is 0 Å². The molecule has 0 saturated carbocycles. The lowest BCUT2D eigenvalue weighted by atomic mass is 9.97. The maximum Gasteiger partial charge on any atom is 0.261 e. The fraction of sp³-hybridized carbons (Fsp3) is 0.514. The minimum atomic E-state index is -0.978. The molecule has 24 N–H and O–H groups in total. The van der Waals surface area contributed by atoms with E-state index in [2.05, 4.69) is 85.7 Å². The van der Waals surface area contributed by atoms with E-state index in [0.29, 0.717) is 117 Å². The van der Waals surface area contributed by atoms with Gasteiger partial charge in [-0.05, 0) is 138 Å². The van der Waals surface area contributed by atoms with Gasteiger partial charge in [0.2, 0.25) is 53.2 Å². The molecular formula is C74H109N21O15S3. The first-order valence-corrected chi connectivity index (χ1v) is 38.8. The van der Waals surface area contributed by atoms with Gasteiger partial charge in [-0.25, -0.2) is 0 Å². The number of imide groups is 4. The number of carbonyl (C=O) groups excluding carboxylic acids is 15. The van der Waals surface area contributed by atoms with E-state index in [0.717, 1.165) is 14.7 Å². The predicted octanol–water partition coefficient (Wildman–Crippen LogP) is 0.130. The van der Waals surface area contributed by atoms with Crippen molar-refractivity contribution in [3.8, 4) is 0 Å². The number of nitrogens with two attached hydrogens (primary N) is 6. The smallest absolute Gasteiger partial charge is 0.261 e. The highest BCUT2D eigenvalue weighted by Crippen LogP contribution is 2.27. The molecule has 3 heterocycles. The Kier molecular flexibility index (Phi) is 39.9. The minimum Gasteiger partial charge on any atom is -0.370 e. The third-order valence-corrected chi connectivity index (χ3v) is 19.8. The zero-order valence-electron chi connectivity index (χ0n) is 64.1. The van der Waals surface area contributed by atoms with Crippen LogP contribution in [0.4, 0.5) is 0 Å².